The Labute approximate surface area is 179 Å². The van der Waals surface area contributed by atoms with E-state index in [-0.39, 0.29) is 24.0 Å². The van der Waals surface area contributed by atoms with Crippen LogP contribution in [0.5, 0.6) is 0 Å². The van der Waals surface area contributed by atoms with Crippen LogP contribution in [0, 0.1) is 5.92 Å². The highest BCUT2D eigenvalue weighted by molar-refractivity contribution is 14.0. The van der Waals surface area contributed by atoms with Gasteiger partial charge in [0.1, 0.15) is 0 Å². The van der Waals surface area contributed by atoms with Gasteiger partial charge in [-0.25, -0.2) is 0 Å². The Bertz CT molecular complexity index is 498. The number of ether oxygens (including phenoxy) is 1. The normalized spacial score (nSPS) is 16.6. The maximum atomic E-state index is 5.41. The summed E-state index contributed by atoms with van der Waals surface area (Å²) in [5.74, 6) is 2.50. The number of guanidine groups is 1. The number of thioether (sulfide) groups is 1. The van der Waals surface area contributed by atoms with E-state index in [1.807, 2.05) is 11.8 Å². The van der Waals surface area contributed by atoms with Crippen LogP contribution in [0.25, 0.3) is 0 Å². The third-order valence-corrected chi connectivity index (χ3v) is 5.00. The zero-order chi connectivity index (χ0) is 17.7. The van der Waals surface area contributed by atoms with Crippen LogP contribution in [0.4, 0.5) is 0 Å². The zero-order valence-electron chi connectivity index (χ0n) is 15.9. The van der Waals surface area contributed by atoms with Crippen molar-refractivity contribution < 1.29 is 4.74 Å². The summed E-state index contributed by atoms with van der Waals surface area (Å²) >= 11 is 1.86. The third kappa shape index (κ3) is 9.99. The molecule has 0 aliphatic carbocycles. The molecule has 0 aromatic heterocycles. The SMILES string of the molecule is CCNC(=NCC(C)CN1CCOCC1)NCCSc1ccccc1.I. The summed E-state index contributed by atoms with van der Waals surface area (Å²) in [4.78, 5) is 8.53. The number of aliphatic imine (C=N–C) groups is 1. The molecule has 26 heavy (non-hydrogen) atoms. The van der Waals surface area contributed by atoms with Crippen LogP contribution in [0.2, 0.25) is 0 Å². The molecule has 0 bridgehead atoms. The molecule has 1 saturated heterocycles. The molecule has 1 aliphatic rings. The Morgan fingerprint density at radius 3 is 2.65 bits per heavy atom. The fourth-order valence-corrected chi connectivity index (χ4v) is 3.52. The Hall–Kier alpha value is -0.510. The third-order valence-electron chi connectivity index (χ3n) is 3.99. The summed E-state index contributed by atoms with van der Waals surface area (Å²) in [6.07, 6.45) is 0. The van der Waals surface area contributed by atoms with Gasteiger partial charge in [-0.05, 0) is 25.0 Å². The van der Waals surface area contributed by atoms with Crippen molar-refractivity contribution in [1.82, 2.24) is 15.5 Å². The van der Waals surface area contributed by atoms with Crippen molar-refractivity contribution in [2.75, 3.05) is 58.2 Å². The van der Waals surface area contributed by atoms with E-state index in [4.69, 9.17) is 9.73 Å². The van der Waals surface area contributed by atoms with Crippen molar-refractivity contribution in [1.29, 1.82) is 0 Å². The van der Waals surface area contributed by atoms with Gasteiger partial charge in [-0.3, -0.25) is 9.89 Å². The molecule has 1 unspecified atom stereocenters. The fraction of sp³-hybridized carbons (Fsp3) is 0.632. The molecule has 5 nitrogen and oxygen atoms in total. The number of nitrogens with one attached hydrogen (secondary N) is 2. The topological polar surface area (TPSA) is 48.9 Å². The number of hydrogen-bond donors (Lipinski definition) is 2. The quantitative estimate of drug-likeness (QED) is 0.183. The minimum absolute atomic E-state index is 0. The van der Waals surface area contributed by atoms with Gasteiger partial charge < -0.3 is 15.4 Å². The van der Waals surface area contributed by atoms with Gasteiger partial charge >= 0.3 is 0 Å². The van der Waals surface area contributed by atoms with Crippen molar-refractivity contribution in [3.8, 4) is 0 Å². The molecule has 0 radical (unpaired) electrons. The molecule has 0 spiro atoms. The molecule has 0 saturated carbocycles. The van der Waals surface area contributed by atoms with E-state index in [0.29, 0.717) is 5.92 Å². The van der Waals surface area contributed by atoms with Gasteiger partial charge in [0.15, 0.2) is 5.96 Å². The highest BCUT2D eigenvalue weighted by Crippen LogP contribution is 2.15. The first-order valence-corrected chi connectivity index (χ1v) is 10.3. The average molecular weight is 492 g/mol. The van der Waals surface area contributed by atoms with E-state index in [2.05, 4.69) is 59.7 Å². The molecule has 1 aliphatic heterocycles. The lowest BCUT2D eigenvalue weighted by Gasteiger charge is -2.28. The summed E-state index contributed by atoms with van der Waals surface area (Å²) in [5, 5.41) is 6.77. The number of hydrogen-bond acceptors (Lipinski definition) is 4. The minimum atomic E-state index is 0. The average Bonchev–Trinajstić information content (AvgIpc) is 2.65. The first kappa shape index (κ1) is 23.5. The molecule has 2 N–H and O–H groups in total. The van der Waals surface area contributed by atoms with E-state index < -0.39 is 0 Å². The first-order chi connectivity index (χ1) is 12.3. The second-order valence-corrected chi connectivity index (χ2v) is 7.49. The maximum absolute atomic E-state index is 5.41. The van der Waals surface area contributed by atoms with Gasteiger partial charge in [0.2, 0.25) is 0 Å². The van der Waals surface area contributed by atoms with Gasteiger partial charge in [-0.2, -0.15) is 0 Å². The molecule has 7 heteroatoms. The number of morpholine rings is 1. The van der Waals surface area contributed by atoms with Gasteiger partial charge in [0.25, 0.3) is 0 Å². The van der Waals surface area contributed by atoms with Crippen molar-refractivity contribution >= 4 is 41.7 Å². The summed E-state index contributed by atoms with van der Waals surface area (Å²) < 4.78 is 5.41. The second kappa shape index (κ2) is 14.5. The Morgan fingerprint density at radius 2 is 1.96 bits per heavy atom. The molecule has 1 atom stereocenters. The van der Waals surface area contributed by atoms with Crippen molar-refractivity contribution in [2.45, 2.75) is 18.7 Å². The predicted molar refractivity (Wildman–Crippen MR) is 123 cm³/mol. The van der Waals surface area contributed by atoms with E-state index in [9.17, 15) is 0 Å². The van der Waals surface area contributed by atoms with Crippen LogP contribution in [0.15, 0.2) is 40.2 Å². The molecule has 148 valence electrons. The monoisotopic (exact) mass is 492 g/mol. The van der Waals surface area contributed by atoms with Crippen LogP contribution >= 0.6 is 35.7 Å². The zero-order valence-corrected chi connectivity index (χ0v) is 19.1. The largest absolute Gasteiger partial charge is 0.379 e. The summed E-state index contributed by atoms with van der Waals surface area (Å²) in [5.41, 5.74) is 0. The molecule has 1 aromatic rings. The number of rotatable bonds is 9. The summed E-state index contributed by atoms with van der Waals surface area (Å²) in [7, 11) is 0. The minimum Gasteiger partial charge on any atom is -0.379 e. The molecular weight excluding hydrogens is 459 g/mol. The van der Waals surface area contributed by atoms with Gasteiger partial charge in [-0.1, -0.05) is 25.1 Å². The van der Waals surface area contributed by atoms with E-state index in [0.717, 1.165) is 64.2 Å². The van der Waals surface area contributed by atoms with E-state index >= 15 is 0 Å². The van der Waals surface area contributed by atoms with Gasteiger partial charge in [0, 0.05) is 49.9 Å². The maximum Gasteiger partial charge on any atom is 0.191 e. The van der Waals surface area contributed by atoms with Crippen LogP contribution in [-0.4, -0.2) is 69.1 Å². The Morgan fingerprint density at radius 1 is 1.23 bits per heavy atom. The number of halogens is 1. The molecule has 1 heterocycles. The van der Waals surface area contributed by atoms with Crippen LogP contribution in [0.3, 0.4) is 0 Å². The number of nitrogens with zero attached hydrogens (tertiary/aromatic N) is 2. The highest BCUT2D eigenvalue weighted by atomic mass is 127. The van der Waals surface area contributed by atoms with Crippen molar-refractivity contribution in [2.24, 2.45) is 10.9 Å². The Kier molecular flexibility index (Phi) is 13.2. The first-order valence-electron chi connectivity index (χ1n) is 9.28. The van der Waals surface area contributed by atoms with E-state index in [1.54, 1.807) is 0 Å². The van der Waals surface area contributed by atoms with Crippen LogP contribution in [0.1, 0.15) is 13.8 Å². The summed E-state index contributed by atoms with van der Waals surface area (Å²) in [6, 6.07) is 10.5. The van der Waals surface area contributed by atoms with Crippen molar-refractivity contribution in [3.05, 3.63) is 30.3 Å². The number of benzene rings is 1. The van der Waals surface area contributed by atoms with Crippen LogP contribution < -0.4 is 10.6 Å². The van der Waals surface area contributed by atoms with Crippen LogP contribution in [-0.2, 0) is 4.74 Å². The lowest BCUT2D eigenvalue weighted by Crippen LogP contribution is -2.40. The molecule has 1 aromatic carbocycles. The molecule has 2 rings (SSSR count). The smallest absolute Gasteiger partial charge is 0.191 e. The molecular formula is C19H33IN4OS. The summed E-state index contributed by atoms with van der Waals surface area (Å²) in [6.45, 7) is 11.9. The lowest BCUT2D eigenvalue weighted by molar-refractivity contribution is 0.0323. The lowest BCUT2D eigenvalue weighted by atomic mass is 10.1. The fourth-order valence-electron chi connectivity index (χ4n) is 2.73. The second-order valence-electron chi connectivity index (χ2n) is 6.33. The van der Waals surface area contributed by atoms with E-state index in [1.165, 1.54) is 4.90 Å². The standard InChI is InChI=1S/C19H32N4OS.HI/c1-3-20-19(21-9-14-25-18-7-5-4-6-8-18)22-15-17(2)16-23-10-12-24-13-11-23;/h4-8,17H,3,9-16H2,1-2H3,(H2,20,21,22);1H. The van der Waals surface area contributed by atoms with Crippen molar-refractivity contribution in [3.63, 3.8) is 0 Å². The predicted octanol–water partition coefficient (Wildman–Crippen LogP) is 2.92. The Balaban J connectivity index is 0.00000338. The molecule has 1 fully saturated rings. The van der Waals surface area contributed by atoms with Gasteiger partial charge in [-0.15, -0.1) is 35.7 Å². The highest BCUT2D eigenvalue weighted by Gasteiger charge is 2.13. The molecule has 0 amide bonds. The van der Waals surface area contributed by atoms with Gasteiger partial charge in [0.05, 0.1) is 13.2 Å².